The van der Waals surface area contributed by atoms with Gasteiger partial charge in [0.25, 0.3) is 0 Å². The number of amides is 1. The first-order chi connectivity index (χ1) is 7.11. The molecular formula is C11H14N2OS. The first kappa shape index (κ1) is 11.7. The third-order valence-corrected chi connectivity index (χ3v) is 2.16. The van der Waals surface area contributed by atoms with E-state index in [1.54, 1.807) is 0 Å². The summed E-state index contributed by atoms with van der Waals surface area (Å²) in [6, 6.07) is 7.60. The molecule has 3 nitrogen and oxygen atoms in total. The normalized spacial score (nSPS) is 11.2. The van der Waals surface area contributed by atoms with E-state index < -0.39 is 0 Å². The summed E-state index contributed by atoms with van der Waals surface area (Å²) >= 11 is 3.87. The monoisotopic (exact) mass is 222 g/mol. The standard InChI is InChI=1S/C11H14N2OS/c1-8-3-2-4-10(5-8)13-11(14)6-9(12)7-15/h2-5,7,15H,6,12H2,1H3,(H,13,14)/b9-7-. The number of hydrogen-bond acceptors (Lipinski definition) is 3. The van der Waals surface area contributed by atoms with Gasteiger partial charge in [-0.15, -0.1) is 12.6 Å². The van der Waals surface area contributed by atoms with Crippen molar-refractivity contribution in [2.75, 3.05) is 5.32 Å². The molecule has 1 aromatic carbocycles. The van der Waals surface area contributed by atoms with Gasteiger partial charge in [-0.3, -0.25) is 4.79 Å². The minimum absolute atomic E-state index is 0.136. The molecule has 0 radical (unpaired) electrons. The minimum Gasteiger partial charge on any atom is -0.401 e. The highest BCUT2D eigenvalue weighted by molar-refractivity contribution is 7.83. The molecule has 1 aromatic rings. The number of carbonyl (C=O) groups is 1. The Hall–Kier alpha value is -1.42. The zero-order chi connectivity index (χ0) is 11.3. The highest BCUT2D eigenvalue weighted by atomic mass is 32.1. The van der Waals surface area contributed by atoms with E-state index in [2.05, 4.69) is 17.9 Å². The lowest BCUT2D eigenvalue weighted by atomic mass is 10.2. The molecule has 0 fully saturated rings. The van der Waals surface area contributed by atoms with Crippen molar-refractivity contribution < 1.29 is 4.79 Å². The smallest absolute Gasteiger partial charge is 0.230 e. The molecule has 1 amide bonds. The van der Waals surface area contributed by atoms with E-state index in [1.165, 1.54) is 5.41 Å². The fourth-order valence-electron chi connectivity index (χ4n) is 1.16. The number of nitrogens with one attached hydrogen (secondary N) is 1. The molecule has 0 unspecified atom stereocenters. The van der Waals surface area contributed by atoms with Crippen LogP contribution in [0.1, 0.15) is 12.0 Å². The van der Waals surface area contributed by atoms with E-state index >= 15 is 0 Å². The van der Waals surface area contributed by atoms with Crippen LogP contribution in [-0.4, -0.2) is 5.91 Å². The summed E-state index contributed by atoms with van der Waals surface area (Å²) in [7, 11) is 0. The second kappa shape index (κ2) is 5.46. The van der Waals surface area contributed by atoms with E-state index in [4.69, 9.17) is 5.73 Å². The molecule has 0 aliphatic heterocycles. The number of thiol groups is 1. The van der Waals surface area contributed by atoms with Crippen LogP contribution < -0.4 is 11.1 Å². The Morgan fingerprint density at radius 2 is 2.33 bits per heavy atom. The molecule has 0 aromatic heterocycles. The van der Waals surface area contributed by atoms with E-state index in [-0.39, 0.29) is 12.3 Å². The van der Waals surface area contributed by atoms with Gasteiger partial charge in [0.15, 0.2) is 0 Å². The number of anilines is 1. The van der Waals surface area contributed by atoms with Gasteiger partial charge in [-0.25, -0.2) is 0 Å². The van der Waals surface area contributed by atoms with E-state index in [0.717, 1.165) is 11.3 Å². The summed E-state index contributed by atoms with van der Waals surface area (Å²) in [5.41, 5.74) is 7.82. The van der Waals surface area contributed by atoms with Crippen molar-refractivity contribution in [1.29, 1.82) is 0 Å². The number of hydrogen-bond donors (Lipinski definition) is 3. The zero-order valence-electron chi connectivity index (χ0n) is 8.53. The molecule has 0 atom stereocenters. The first-order valence-corrected chi connectivity index (χ1v) is 5.08. The van der Waals surface area contributed by atoms with Gasteiger partial charge in [-0.2, -0.15) is 0 Å². The van der Waals surface area contributed by atoms with Crippen molar-refractivity contribution in [3.63, 3.8) is 0 Å². The molecule has 80 valence electrons. The molecule has 0 aliphatic rings. The summed E-state index contributed by atoms with van der Waals surface area (Å²) in [6.07, 6.45) is 0.164. The Balaban J connectivity index is 2.59. The van der Waals surface area contributed by atoms with Crippen molar-refractivity contribution in [1.82, 2.24) is 0 Å². The van der Waals surface area contributed by atoms with Gasteiger partial charge in [0, 0.05) is 11.4 Å². The maximum Gasteiger partial charge on any atom is 0.230 e. The summed E-state index contributed by atoms with van der Waals surface area (Å²) in [4.78, 5) is 11.4. The average molecular weight is 222 g/mol. The lowest BCUT2D eigenvalue weighted by Crippen LogP contribution is -2.14. The Morgan fingerprint density at radius 3 is 2.93 bits per heavy atom. The van der Waals surface area contributed by atoms with Crippen molar-refractivity contribution >= 4 is 24.2 Å². The Morgan fingerprint density at radius 1 is 1.60 bits per heavy atom. The van der Waals surface area contributed by atoms with Crippen LogP contribution in [0.5, 0.6) is 0 Å². The van der Waals surface area contributed by atoms with Crippen LogP contribution in [0.4, 0.5) is 5.69 Å². The Kier molecular flexibility index (Phi) is 4.24. The number of carbonyl (C=O) groups excluding carboxylic acids is 1. The predicted octanol–water partition coefficient (Wildman–Crippen LogP) is 2.05. The van der Waals surface area contributed by atoms with E-state index in [9.17, 15) is 4.79 Å². The number of nitrogens with two attached hydrogens (primary N) is 1. The third kappa shape index (κ3) is 4.08. The predicted molar refractivity (Wildman–Crippen MR) is 65.7 cm³/mol. The maximum atomic E-state index is 11.4. The molecule has 4 heteroatoms. The van der Waals surface area contributed by atoms with Crippen LogP contribution in [-0.2, 0) is 4.79 Å². The van der Waals surface area contributed by atoms with Gasteiger partial charge in [0.2, 0.25) is 5.91 Å². The fourth-order valence-corrected chi connectivity index (χ4v) is 1.25. The summed E-state index contributed by atoms with van der Waals surface area (Å²) in [5.74, 6) is -0.136. The van der Waals surface area contributed by atoms with E-state index in [1.807, 2.05) is 31.2 Å². The lowest BCUT2D eigenvalue weighted by molar-refractivity contribution is -0.115. The second-order valence-corrected chi connectivity index (χ2v) is 3.56. The van der Waals surface area contributed by atoms with Gasteiger partial charge in [0.1, 0.15) is 0 Å². The van der Waals surface area contributed by atoms with Crippen LogP contribution in [0, 0.1) is 6.92 Å². The Bertz CT molecular complexity index is 388. The average Bonchev–Trinajstić information content (AvgIpc) is 2.17. The van der Waals surface area contributed by atoms with Crippen LogP contribution in [0.25, 0.3) is 0 Å². The van der Waals surface area contributed by atoms with Crippen molar-refractivity contribution in [2.24, 2.45) is 5.73 Å². The molecule has 0 aliphatic carbocycles. The quantitative estimate of drug-likeness (QED) is 0.686. The Labute approximate surface area is 94.8 Å². The molecule has 0 heterocycles. The summed E-state index contributed by atoms with van der Waals surface area (Å²) in [5, 5.41) is 4.18. The van der Waals surface area contributed by atoms with Gasteiger partial charge >= 0.3 is 0 Å². The summed E-state index contributed by atoms with van der Waals surface area (Å²) in [6.45, 7) is 1.97. The molecule has 0 saturated heterocycles. The molecule has 0 spiro atoms. The zero-order valence-corrected chi connectivity index (χ0v) is 9.42. The van der Waals surface area contributed by atoms with Gasteiger partial charge in [-0.05, 0) is 30.0 Å². The highest BCUT2D eigenvalue weighted by Crippen LogP contribution is 2.10. The minimum atomic E-state index is -0.136. The number of aryl methyl sites for hydroxylation is 1. The number of rotatable bonds is 3. The molecule has 1 rings (SSSR count). The van der Waals surface area contributed by atoms with Crippen LogP contribution in [0.15, 0.2) is 35.4 Å². The topological polar surface area (TPSA) is 55.1 Å². The fraction of sp³-hybridized carbons (Fsp3) is 0.182. The lowest BCUT2D eigenvalue weighted by Gasteiger charge is -2.05. The van der Waals surface area contributed by atoms with Crippen LogP contribution in [0.2, 0.25) is 0 Å². The number of benzene rings is 1. The van der Waals surface area contributed by atoms with Gasteiger partial charge in [-0.1, -0.05) is 12.1 Å². The molecule has 3 N–H and O–H groups in total. The molecule has 15 heavy (non-hydrogen) atoms. The van der Waals surface area contributed by atoms with Crippen molar-refractivity contribution in [3.8, 4) is 0 Å². The van der Waals surface area contributed by atoms with Crippen molar-refractivity contribution in [2.45, 2.75) is 13.3 Å². The summed E-state index contributed by atoms with van der Waals surface area (Å²) < 4.78 is 0. The highest BCUT2D eigenvalue weighted by Gasteiger charge is 2.03. The maximum absolute atomic E-state index is 11.4. The molecular weight excluding hydrogens is 208 g/mol. The molecule has 0 bridgehead atoms. The SMILES string of the molecule is Cc1cccc(NC(=O)C/C(N)=C/S)c1. The molecule has 0 saturated carbocycles. The van der Waals surface area contributed by atoms with Gasteiger partial charge in [0.05, 0.1) is 6.42 Å². The van der Waals surface area contributed by atoms with Crippen LogP contribution >= 0.6 is 12.6 Å². The van der Waals surface area contributed by atoms with Crippen molar-refractivity contribution in [3.05, 3.63) is 40.9 Å². The first-order valence-electron chi connectivity index (χ1n) is 4.57. The second-order valence-electron chi connectivity index (χ2n) is 3.30. The van der Waals surface area contributed by atoms with E-state index in [0.29, 0.717) is 5.70 Å². The largest absolute Gasteiger partial charge is 0.401 e. The third-order valence-electron chi connectivity index (χ3n) is 1.83. The van der Waals surface area contributed by atoms with Crippen LogP contribution in [0.3, 0.4) is 0 Å². The van der Waals surface area contributed by atoms with Gasteiger partial charge < -0.3 is 11.1 Å².